The van der Waals surface area contributed by atoms with Crippen LogP contribution in [-0.2, 0) is 20.8 Å². The number of likely N-dealkylation sites (tertiary alicyclic amines) is 2. The van der Waals surface area contributed by atoms with Crippen molar-refractivity contribution in [1.29, 1.82) is 0 Å². The molecule has 36 heavy (non-hydrogen) atoms. The lowest BCUT2D eigenvalue weighted by Crippen LogP contribution is -2.49. The smallest absolute Gasteiger partial charge is 0.352 e. The zero-order chi connectivity index (χ0) is 26.9. The van der Waals surface area contributed by atoms with Gasteiger partial charge in [-0.3, -0.25) is 14.5 Å². The molecule has 1 N–H and O–H groups in total. The highest BCUT2D eigenvalue weighted by molar-refractivity contribution is 7.90. The van der Waals surface area contributed by atoms with Crippen molar-refractivity contribution in [1.82, 2.24) is 15.1 Å². The number of hydrogen-bond donors (Lipinski definition) is 1. The molecule has 1 aromatic carbocycles. The fourth-order valence-corrected chi connectivity index (χ4v) is 5.17. The van der Waals surface area contributed by atoms with Gasteiger partial charge in [0, 0.05) is 24.9 Å². The van der Waals surface area contributed by atoms with Gasteiger partial charge in [-0.15, -0.1) is 0 Å². The Morgan fingerprint density at radius 2 is 1.64 bits per heavy atom. The normalized spacial score (nSPS) is 20.5. The minimum absolute atomic E-state index is 0.0600. The van der Waals surface area contributed by atoms with Gasteiger partial charge < -0.3 is 10.2 Å². The predicted octanol–water partition coefficient (Wildman–Crippen LogP) is 3.10. The highest BCUT2D eigenvalue weighted by atomic mass is 32.2. The summed E-state index contributed by atoms with van der Waals surface area (Å²) in [5.41, 5.74) is -1.68. The molecule has 3 rings (SSSR count). The third kappa shape index (κ3) is 7.11. The van der Waals surface area contributed by atoms with Crippen molar-refractivity contribution in [3.05, 3.63) is 29.3 Å². The van der Waals surface area contributed by atoms with Crippen molar-refractivity contribution in [2.75, 3.05) is 39.0 Å². The molecule has 0 aromatic heterocycles. The van der Waals surface area contributed by atoms with E-state index < -0.39 is 56.1 Å². The van der Waals surface area contributed by atoms with Gasteiger partial charge in [-0.1, -0.05) is 0 Å². The molecular formula is C22H27F6N3O4S. The Kier molecular flexibility index (Phi) is 8.28. The van der Waals surface area contributed by atoms with Crippen LogP contribution in [0.5, 0.6) is 0 Å². The van der Waals surface area contributed by atoms with Crippen LogP contribution in [0.25, 0.3) is 0 Å². The van der Waals surface area contributed by atoms with Crippen LogP contribution in [0.4, 0.5) is 26.3 Å². The number of carbonyl (C=O) groups is 2. The minimum Gasteiger partial charge on any atom is -0.352 e. The zero-order valence-corrected chi connectivity index (χ0v) is 20.3. The molecule has 202 valence electrons. The highest BCUT2D eigenvalue weighted by Gasteiger charge is 2.47. The van der Waals surface area contributed by atoms with E-state index in [2.05, 4.69) is 5.32 Å². The molecule has 2 heterocycles. The maximum absolute atomic E-state index is 13.2. The van der Waals surface area contributed by atoms with E-state index in [1.54, 1.807) is 4.90 Å². The molecule has 2 aliphatic heterocycles. The van der Waals surface area contributed by atoms with Gasteiger partial charge in [-0.05, 0) is 62.9 Å². The molecule has 0 aliphatic carbocycles. The standard InChI is InChI=1S/C22H27F6N3O4S/c1-36(34,35)17-10-15(9-16(11-17)21(23,24)25)20(33)29-12-14-4-7-30(8-5-14)13-19(32)31-6-2-3-18(31)22(26,27)28/h9-11,14,18H,2-8,12-13H2,1H3,(H,29,33)/t18-/m1/s1. The summed E-state index contributed by atoms with van der Waals surface area (Å²) < 4.78 is 102. The first kappa shape index (κ1) is 28.2. The fourth-order valence-electron chi connectivity index (χ4n) is 4.48. The number of rotatable bonds is 6. The second-order valence-corrected chi connectivity index (χ2v) is 11.2. The van der Waals surface area contributed by atoms with E-state index in [1.807, 2.05) is 0 Å². The van der Waals surface area contributed by atoms with E-state index in [0.29, 0.717) is 44.5 Å². The second-order valence-electron chi connectivity index (χ2n) is 9.23. The zero-order valence-electron chi connectivity index (χ0n) is 19.5. The number of hydrogen-bond acceptors (Lipinski definition) is 5. The summed E-state index contributed by atoms with van der Waals surface area (Å²) in [6.45, 7) is 0.886. The van der Waals surface area contributed by atoms with E-state index >= 15 is 0 Å². The molecule has 2 aliphatic rings. The van der Waals surface area contributed by atoms with Gasteiger partial charge >= 0.3 is 12.4 Å². The van der Waals surface area contributed by atoms with Crippen LogP contribution in [0.1, 0.15) is 41.6 Å². The molecule has 14 heteroatoms. The monoisotopic (exact) mass is 543 g/mol. The van der Waals surface area contributed by atoms with Crippen molar-refractivity contribution in [3.63, 3.8) is 0 Å². The van der Waals surface area contributed by atoms with Crippen LogP contribution in [-0.4, -0.2) is 81.2 Å². The van der Waals surface area contributed by atoms with Gasteiger partial charge in [0.2, 0.25) is 5.91 Å². The summed E-state index contributed by atoms with van der Waals surface area (Å²) in [6.07, 6.45) is -7.31. The van der Waals surface area contributed by atoms with Gasteiger partial charge in [0.1, 0.15) is 6.04 Å². The quantitative estimate of drug-likeness (QED) is 0.558. The van der Waals surface area contributed by atoms with Crippen molar-refractivity contribution in [2.24, 2.45) is 5.92 Å². The van der Waals surface area contributed by atoms with Crippen molar-refractivity contribution >= 4 is 21.7 Å². The Morgan fingerprint density at radius 3 is 2.19 bits per heavy atom. The first-order valence-electron chi connectivity index (χ1n) is 11.3. The topological polar surface area (TPSA) is 86.8 Å². The molecule has 0 radical (unpaired) electrons. The van der Waals surface area contributed by atoms with Gasteiger partial charge in [0.15, 0.2) is 9.84 Å². The predicted molar refractivity (Wildman–Crippen MR) is 117 cm³/mol. The molecular weight excluding hydrogens is 516 g/mol. The summed E-state index contributed by atoms with van der Waals surface area (Å²) >= 11 is 0. The van der Waals surface area contributed by atoms with Crippen LogP contribution in [0.3, 0.4) is 0 Å². The molecule has 2 saturated heterocycles. The van der Waals surface area contributed by atoms with E-state index in [0.717, 1.165) is 17.2 Å². The molecule has 7 nitrogen and oxygen atoms in total. The maximum Gasteiger partial charge on any atom is 0.416 e. The summed E-state index contributed by atoms with van der Waals surface area (Å²) in [5, 5.41) is 2.53. The van der Waals surface area contributed by atoms with Crippen LogP contribution in [0, 0.1) is 5.92 Å². The molecule has 0 saturated carbocycles. The van der Waals surface area contributed by atoms with Crippen molar-refractivity contribution in [3.8, 4) is 0 Å². The average Bonchev–Trinajstić information content (AvgIpc) is 3.28. The lowest BCUT2D eigenvalue weighted by molar-refractivity contribution is -0.183. The summed E-state index contributed by atoms with van der Waals surface area (Å²) in [5.74, 6) is -1.49. The highest BCUT2D eigenvalue weighted by Crippen LogP contribution is 2.33. The maximum atomic E-state index is 13.2. The number of piperidine rings is 1. The van der Waals surface area contributed by atoms with E-state index in [1.165, 1.54) is 0 Å². The molecule has 0 bridgehead atoms. The SMILES string of the molecule is CS(=O)(=O)c1cc(C(=O)NCC2CCN(CC(=O)N3CCC[C@@H]3C(F)(F)F)CC2)cc(C(F)(F)F)c1. The first-order valence-corrected chi connectivity index (χ1v) is 13.2. The largest absolute Gasteiger partial charge is 0.416 e. The van der Waals surface area contributed by atoms with Crippen LogP contribution in [0.2, 0.25) is 0 Å². The first-order chi connectivity index (χ1) is 16.6. The van der Waals surface area contributed by atoms with Crippen LogP contribution in [0.15, 0.2) is 23.1 Å². The Morgan fingerprint density at radius 1 is 1.00 bits per heavy atom. The van der Waals surface area contributed by atoms with E-state index in [9.17, 15) is 44.3 Å². The fraction of sp³-hybridized carbons (Fsp3) is 0.636. The van der Waals surface area contributed by atoms with E-state index in [-0.39, 0.29) is 32.0 Å². The number of halogens is 6. The number of alkyl halides is 6. The van der Waals surface area contributed by atoms with E-state index in [4.69, 9.17) is 0 Å². The molecule has 0 spiro atoms. The Labute approximate surface area is 204 Å². The third-order valence-corrected chi connectivity index (χ3v) is 7.58. The number of carbonyl (C=O) groups excluding carboxylic acids is 2. The van der Waals surface area contributed by atoms with Crippen molar-refractivity contribution < 1.29 is 44.3 Å². The number of sulfone groups is 1. The van der Waals surface area contributed by atoms with Gasteiger partial charge in [0.05, 0.1) is 17.0 Å². The summed E-state index contributed by atoms with van der Waals surface area (Å²) in [4.78, 5) is 26.9. The molecule has 1 atom stereocenters. The average molecular weight is 544 g/mol. The van der Waals surface area contributed by atoms with Gasteiger partial charge in [-0.25, -0.2) is 8.42 Å². The summed E-state index contributed by atoms with van der Waals surface area (Å²) in [7, 11) is -3.99. The third-order valence-electron chi connectivity index (χ3n) is 6.49. The Bertz CT molecular complexity index is 1080. The number of amides is 2. The lowest BCUT2D eigenvalue weighted by atomic mass is 9.96. The van der Waals surface area contributed by atoms with Crippen LogP contribution >= 0.6 is 0 Å². The molecule has 2 amide bonds. The Balaban J connectivity index is 1.53. The number of nitrogens with zero attached hydrogens (tertiary/aromatic N) is 2. The van der Waals surface area contributed by atoms with Gasteiger partial charge in [0.25, 0.3) is 5.91 Å². The Hall–Kier alpha value is -2.35. The number of benzene rings is 1. The molecule has 0 unspecified atom stereocenters. The van der Waals surface area contributed by atoms with Crippen molar-refractivity contribution in [2.45, 2.75) is 49.0 Å². The molecule has 2 fully saturated rings. The summed E-state index contributed by atoms with van der Waals surface area (Å²) in [6, 6.07) is 0.199. The van der Waals surface area contributed by atoms with Crippen LogP contribution < -0.4 is 5.32 Å². The van der Waals surface area contributed by atoms with Gasteiger partial charge in [-0.2, -0.15) is 26.3 Å². The second kappa shape index (κ2) is 10.6. The molecule has 1 aromatic rings. The lowest BCUT2D eigenvalue weighted by Gasteiger charge is -2.34. The minimum atomic E-state index is -4.84. The number of nitrogens with one attached hydrogen (secondary N) is 1.